The summed E-state index contributed by atoms with van der Waals surface area (Å²) in [5, 5.41) is 10.6. The number of hydrogen-bond donors (Lipinski definition) is 2. The average Bonchev–Trinajstić information content (AvgIpc) is 3.48. The summed E-state index contributed by atoms with van der Waals surface area (Å²) in [6.07, 6.45) is 9.25. The molecule has 1 aliphatic rings. The van der Waals surface area contributed by atoms with Gasteiger partial charge in [-0.1, -0.05) is 6.92 Å². The number of piperidine rings is 1. The number of aromatic amines is 1. The molecule has 9 nitrogen and oxygen atoms in total. The molecule has 9 heteroatoms. The van der Waals surface area contributed by atoms with E-state index in [0.717, 1.165) is 44.3 Å². The molecule has 1 saturated heterocycles. The minimum Gasteiger partial charge on any atom is -0.461 e. The smallest absolute Gasteiger partial charge is 0.216 e. The van der Waals surface area contributed by atoms with E-state index in [0.29, 0.717) is 23.5 Å². The summed E-state index contributed by atoms with van der Waals surface area (Å²) in [5.41, 5.74) is 0. The minimum absolute atomic E-state index is 0.403. The number of hydrogen-bond acceptors (Lipinski definition) is 5. The van der Waals surface area contributed by atoms with Crippen molar-refractivity contribution in [3.05, 3.63) is 42.9 Å². The van der Waals surface area contributed by atoms with E-state index in [1.54, 1.807) is 6.26 Å². The van der Waals surface area contributed by atoms with Crippen molar-refractivity contribution >= 4 is 5.96 Å². The molecule has 0 amide bonds. The number of rotatable bonds is 5. The van der Waals surface area contributed by atoms with E-state index in [1.807, 2.05) is 37.9 Å². The highest BCUT2D eigenvalue weighted by atomic mass is 16.3. The number of imidazole rings is 1. The zero-order valence-electron chi connectivity index (χ0n) is 16.2. The third-order valence-electron chi connectivity index (χ3n) is 5.26. The van der Waals surface area contributed by atoms with Gasteiger partial charge in [0.05, 0.1) is 18.6 Å². The van der Waals surface area contributed by atoms with E-state index in [4.69, 9.17) is 4.42 Å². The Bertz CT molecular complexity index is 883. The average molecular weight is 382 g/mol. The number of aromatic nitrogens is 5. The lowest BCUT2D eigenvalue weighted by Crippen LogP contribution is -2.49. The summed E-state index contributed by atoms with van der Waals surface area (Å²) >= 11 is 0. The number of nitrogens with zero attached hydrogens (tertiary/aromatic N) is 6. The Hall–Kier alpha value is -3.10. The molecule has 1 fully saturated rings. The Kier molecular flexibility index (Phi) is 5.41. The number of guanidine groups is 1. The molecule has 4 rings (SSSR count). The molecule has 0 saturated carbocycles. The van der Waals surface area contributed by atoms with Gasteiger partial charge in [-0.3, -0.25) is 10.1 Å². The van der Waals surface area contributed by atoms with Crippen molar-refractivity contribution in [3.63, 3.8) is 0 Å². The normalized spacial score (nSPS) is 20.5. The lowest BCUT2D eigenvalue weighted by molar-refractivity contribution is 0.189. The molecule has 0 radical (unpaired) electrons. The maximum Gasteiger partial charge on any atom is 0.216 e. The first-order valence-electron chi connectivity index (χ1n) is 9.63. The minimum atomic E-state index is 0.403. The van der Waals surface area contributed by atoms with Gasteiger partial charge in [-0.05, 0) is 24.5 Å². The molecule has 148 valence electrons. The van der Waals surface area contributed by atoms with Crippen LogP contribution in [0.4, 0.5) is 0 Å². The van der Waals surface area contributed by atoms with Crippen molar-refractivity contribution in [2.24, 2.45) is 10.9 Å². The van der Waals surface area contributed by atoms with Crippen LogP contribution in [0.15, 0.2) is 46.5 Å². The van der Waals surface area contributed by atoms with Crippen LogP contribution in [-0.2, 0) is 6.42 Å². The predicted octanol–water partition coefficient (Wildman–Crippen LogP) is 1.96. The molecule has 0 aromatic carbocycles. The first-order chi connectivity index (χ1) is 13.7. The van der Waals surface area contributed by atoms with Gasteiger partial charge in [0.1, 0.15) is 5.82 Å². The topological polar surface area (TPSA) is 100 Å². The van der Waals surface area contributed by atoms with Crippen molar-refractivity contribution in [1.29, 1.82) is 0 Å². The molecule has 28 heavy (non-hydrogen) atoms. The van der Waals surface area contributed by atoms with Gasteiger partial charge in [0.25, 0.3) is 0 Å². The zero-order chi connectivity index (χ0) is 19.3. The molecule has 0 spiro atoms. The van der Waals surface area contributed by atoms with E-state index < -0.39 is 0 Å². The molecular formula is C19H26N8O. The Morgan fingerprint density at radius 3 is 3.14 bits per heavy atom. The Labute approximate surface area is 163 Å². The fraction of sp³-hybridized carbons (Fsp3) is 0.474. The standard InChI is InChI=1S/C19H26N8O/c1-14-6-9-26(12-15(14)27-10-8-21-13-27)19(20-2)22-7-5-17-23-18(25-24-17)16-4-3-11-28-16/h3-4,8,10-11,13-15H,5-7,9,12H2,1-2H3,(H,20,22)(H,23,24,25). The van der Waals surface area contributed by atoms with Crippen LogP contribution < -0.4 is 5.32 Å². The SMILES string of the molecule is CN=C(NCCc1nc(-c2ccco2)n[nH]1)N1CCC(C)C(n2ccnc2)C1. The Morgan fingerprint density at radius 1 is 1.46 bits per heavy atom. The molecule has 0 aliphatic carbocycles. The van der Waals surface area contributed by atoms with Gasteiger partial charge in [-0.2, -0.15) is 5.10 Å². The fourth-order valence-electron chi connectivity index (χ4n) is 3.64. The van der Waals surface area contributed by atoms with Gasteiger partial charge in [0, 0.05) is 45.5 Å². The lowest BCUT2D eigenvalue weighted by Gasteiger charge is -2.39. The van der Waals surface area contributed by atoms with Gasteiger partial charge in [-0.25, -0.2) is 9.97 Å². The van der Waals surface area contributed by atoms with Crippen LogP contribution in [0.25, 0.3) is 11.6 Å². The summed E-state index contributed by atoms with van der Waals surface area (Å²) < 4.78 is 7.53. The Morgan fingerprint density at radius 2 is 2.39 bits per heavy atom. The van der Waals surface area contributed by atoms with Crippen molar-refractivity contribution in [3.8, 4) is 11.6 Å². The Balaban J connectivity index is 1.32. The van der Waals surface area contributed by atoms with Gasteiger partial charge in [0.15, 0.2) is 11.7 Å². The second-order valence-corrected chi connectivity index (χ2v) is 7.10. The highest BCUT2D eigenvalue weighted by Crippen LogP contribution is 2.27. The number of likely N-dealkylation sites (tertiary alicyclic amines) is 1. The zero-order valence-corrected chi connectivity index (χ0v) is 16.2. The monoisotopic (exact) mass is 382 g/mol. The van der Waals surface area contributed by atoms with Crippen LogP contribution in [0.1, 0.15) is 25.2 Å². The fourth-order valence-corrected chi connectivity index (χ4v) is 3.64. The van der Waals surface area contributed by atoms with Gasteiger partial charge in [0.2, 0.25) is 5.82 Å². The van der Waals surface area contributed by atoms with Gasteiger partial charge in [-0.15, -0.1) is 0 Å². The molecule has 3 aromatic rings. The van der Waals surface area contributed by atoms with Crippen LogP contribution >= 0.6 is 0 Å². The van der Waals surface area contributed by atoms with Gasteiger partial charge < -0.3 is 19.2 Å². The van der Waals surface area contributed by atoms with E-state index >= 15 is 0 Å². The summed E-state index contributed by atoms with van der Waals surface area (Å²) in [6.45, 7) is 4.94. The van der Waals surface area contributed by atoms with E-state index in [9.17, 15) is 0 Å². The van der Waals surface area contributed by atoms with Crippen LogP contribution in [0.2, 0.25) is 0 Å². The molecular weight excluding hydrogens is 356 g/mol. The third kappa shape index (κ3) is 3.92. The first-order valence-corrected chi connectivity index (χ1v) is 9.63. The van der Waals surface area contributed by atoms with Gasteiger partial charge >= 0.3 is 0 Å². The molecule has 2 atom stereocenters. The third-order valence-corrected chi connectivity index (χ3v) is 5.26. The second-order valence-electron chi connectivity index (χ2n) is 7.10. The van der Waals surface area contributed by atoms with Crippen LogP contribution in [0.3, 0.4) is 0 Å². The maximum absolute atomic E-state index is 5.33. The summed E-state index contributed by atoms with van der Waals surface area (Å²) in [7, 11) is 1.83. The van der Waals surface area contributed by atoms with Crippen LogP contribution in [0.5, 0.6) is 0 Å². The van der Waals surface area contributed by atoms with E-state index in [2.05, 4.69) is 46.9 Å². The van der Waals surface area contributed by atoms with Crippen LogP contribution in [-0.4, -0.2) is 62.3 Å². The highest BCUT2D eigenvalue weighted by Gasteiger charge is 2.28. The quantitative estimate of drug-likeness (QED) is 0.517. The number of aliphatic imine (C=N–C) groups is 1. The molecule has 1 aliphatic heterocycles. The highest BCUT2D eigenvalue weighted by molar-refractivity contribution is 5.80. The van der Waals surface area contributed by atoms with Crippen molar-refractivity contribution in [2.75, 3.05) is 26.7 Å². The summed E-state index contributed by atoms with van der Waals surface area (Å²) in [5.74, 6) is 3.59. The van der Waals surface area contributed by atoms with Crippen molar-refractivity contribution in [2.45, 2.75) is 25.8 Å². The molecule has 0 bridgehead atoms. The van der Waals surface area contributed by atoms with Crippen LogP contribution in [0, 0.1) is 5.92 Å². The second kappa shape index (κ2) is 8.28. The molecule has 3 aromatic heterocycles. The van der Waals surface area contributed by atoms with E-state index in [1.165, 1.54) is 0 Å². The summed E-state index contributed by atoms with van der Waals surface area (Å²) in [4.78, 5) is 15.5. The first kappa shape index (κ1) is 18.3. The summed E-state index contributed by atoms with van der Waals surface area (Å²) in [6, 6.07) is 4.08. The number of nitrogens with one attached hydrogen (secondary N) is 2. The molecule has 2 N–H and O–H groups in total. The number of H-pyrrole nitrogens is 1. The van der Waals surface area contributed by atoms with Crippen molar-refractivity contribution < 1.29 is 4.42 Å². The maximum atomic E-state index is 5.33. The predicted molar refractivity (Wildman–Crippen MR) is 106 cm³/mol. The lowest BCUT2D eigenvalue weighted by atomic mass is 9.93. The number of furan rings is 1. The van der Waals surface area contributed by atoms with E-state index in [-0.39, 0.29) is 0 Å². The largest absolute Gasteiger partial charge is 0.461 e. The molecule has 2 unspecified atom stereocenters. The molecule has 4 heterocycles. The van der Waals surface area contributed by atoms with Crippen molar-refractivity contribution in [1.82, 2.24) is 34.9 Å².